The molecular weight excluding hydrogens is 515 g/mol. The number of thiazole rings is 1. The van der Waals surface area contributed by atoms with E-state index < -0.39 is 0 Å². The van der Waals surface area contributed by atoms with Gasteiger partial charge in [-0.3, -0.25) is 9.69 Å². The van der Waals surface area contributed by atoms with Gasteiger partial charge in [0.25, 0.3) is 5.56 Å². The lowest BCUT2D eigenvalue weighted by Gasteiger charge is -2.36. The standard InChI is InChI=1S/C29H29FN6O2S/c1-33(29-32-27(26(17-31)39-29)19-2-4-20(30)5-3-19)25-18-36(14-15-37)28(38)23-9-8-22(16-24(23)25)35-12-10-34(11-13-35)21-6-7-21/h2-5,8-9,16,18,21,37H,6-7,10-15H2,1H3. The number of aliphatic hydroxyl groups is 1. The number of nitriles is 1. The third-order valence-corrected chi connectivity index (χ3v) is 8.65. The van der Waals surface area contributed by atoms with Crippen LogP contribution < -0.4 is 15.4 Å². The molecule has 1 saturated carbocycles. The number of nitrogens with zero attached hydrogens (tertiary/aromatic N) is 6. The molecule has 0 spiro atoms. The summed E-state index contributed by atoms with van der Waals surface area (Å²) in [7, 11) is 1.86. The number of rotatable bonds is 7. The summed E-state index contributed by atoms with van der Waals surface area (Å²) in [5.74, 6) is -0.354. The summed E-state index contributed by atoms with van der Waals surface area (Å²) < 4.78 is 15.0. The lowest BCUT2D eigenvalue weighted by molar-refractivity contribution is 0.248. The van der Waals surface area contributed by atoms with Gasteiger partial charge in [0.1, 0.15) is 22.5 Å². The predicted molar refractivity (Wildman–Crippen MR) is 152 cm³/mol. The van der Waals surface area contributed by atoms with Gasteiger partial charge in [0.2, 0.25) is 0 Å². The lowest BCUT2D eigenvalue weighted by atomic mass is 10.1. The molecule has 6 rings (SSSR count). The number of aromatic nitrogens is 2. The molecule has 0 radical (unpaired) electrons. The Kier molecular flexibility index (Phi) is 6.81. The normalized spacial score (nSPS) is 16.0. The van der Waals surface area contributed by atoms with Crippen LogP contribution in [-0.4, -0.2) is 65.4 Å². The number of hydrogen-bond donors (Lipinski definition) is 1. The Balaban J connectivity index is 1.41. The number of hydrogen-bond acceptors (Lipinski definition) is 8. The first kappa shape index (κ1) is 25.5. The molecule has 39 heavy (non-hydrogen) atoms. The molecular formula is C29H29FN6O2S. The van der Waals surface area contributed by atoms with Gasteiger partial charge in [0.05, 0.1) is 12.3 Å². The summed E-state index contributed by atoms with van der Waals surface area (Å²) in [6.45, 7) is 3.96. The average molecular weight is 545 g/mol. The van der Waals surface area contributed by atoms with Gasteiger partial charge in [-0.2, -0.15) is 5.26 Å². The molecule has 1 saturated heterocycles. The van der Waals surface area contributed by atoms with Crippen molar-refractivity contribution < 1.29 is 9.50 Å². The Morgan fingerprint density at radius 2 is 1.87 bits per heavy atom. The summed E-state index contributed by atoms with van der Waals surface area (Å²) in [5, 5.41) is 21.3. The number of piperazine rings is 1. The highest BCUT2D eigenvalue weighted by Gasteiger charge is 2.31. The van der Waals surface area contributed by atoms with Gasteiger partial charge in [0.15, 0.2) is 5.13 Å². The van der Waals surface area contributed by atoms with Crippen LogP contribution in [0.15, 0.2) is 53.5 Å². The maximum absolute atomic E-state index is 13.5. The van der Waals surface area contributed by atoms with E-state index in [1.54, 1.807) is 18.3 Å². The second-order valence-corrected chi connectivity index (χ2v) is 11.0. The van der Waals surface area contributed by atoms with Gasteiger partial charge >= 0.3 is 0 Å². The van der Waals surface area contributed by atoms with Crippen molar-refractivity contribution in [2.75, 3.05) is 49.6 Å². The fourth-order valence-corrected chi connectivity index (χ4v) is 6.18. The first-order valence-corrected chi connectivity index (χ1v) is 14.0. The molecule has 3 heterocycles. The lowest BCUT2D eigenvalue weighted by Crippen LogP contribution is -2.47. The van der Waals surface area contributed by atoms with Crippen LogP contribution in [0.4, 0.5) is 20.9 Å². The van der Waals surface area contributed by atoms with Crippen molar-refractivity contribution in [2.45, 2.75) is 25.4 Å². The SMILES string of the molecule is CN(c1nc(-c2ccc(F)cc2)c(C#N)s1)c1cn(CCO)c(=O)c2ccc(N3CCN(C4CC4)CC3)cc12. The van der Waals surface area contributed by atoms with Crippen molar-refractivity contribution >= 4 is 38.6 Å². The molecule has 2 aromatic heterocycles. The van der Waals surface area contributed by atoms with Crippen LogP contribution in [0.5, 0.6) is 0 Å². The van der Waals surface area contributed by atoms with E-state index in [0.29, 0.717) is 26.7 Å². The fraction of sp³-hybridized carbons (Fsp3) is 0.345. The van der Waals surface area contributed by atoms with Crippen LogP contribution in [0.2, 0.25) is 0 Å². The second kappa shape index (κ2) is 10.4. The molecule has 8 nitrogen and oxygen atoms in total. The zero-order valence-electron chi connectivity index (χ0n) is 21.7. The molecule has 0 amide bonds. The van der Waals surface area contributed by atoms with Gasteiger partial charge in [0, 0.05) is 74.0 Å². The maximum atomic E-state index is 13.5. The van der Waals surface area contributed by atoms with E-state index in [2.05, 4.69) is 21.9 Å². The smallest absolute Gasteiger partial charge is 0.258 e. The van der Waals surface area contributed by atoms with Crippen LogP contribution in [0.3, 0.4) is 0 Å². The van der Waals surface area contributed by atoms with Crippen LogP contribution in [-0.2, 0) is 6.54 Å². The summed E-state index contributed by atoms with van der Waals surface area (Å²) in [6.07, 6.45) is 4.36. The highest BCUT2D eigenvalue weighted by molar-refractivity contribution is 7.16. The fourth-order valence-electron chi connectivity index (χ4n) is 5.32. The molecule has 1 aliphatic heterocycles. The molecule has 1 aliphatic carbocycles. The third-order valence-electron chi connectivity index (χ3n) is 7.62. The minimum absolute atomic E-state index is 0.162. The molecule has 4 aromatic rings. The highest BCUT2D eigenvalue weighted by atomic mass is 32.1. The molecule has 2 fully saturated rings. The van der Waals surface area contributed by atoms with Crippen molar-refractivity contribution in [2.24, 2.45) is 0 Å². The van der Waals surface area contributed by atoms with E-state index in [1.807, 2.05) is 24.1 Å². The largest absolute Gasteiger partial charge is 0.395 e. The van der Waals surface area contributed by atoms with Crippen molar-refractivity contribution in [1.29, 1.82) is 5.26 Å². The Labute approximate surface area is 229 Å². The molecule has 10 heteroatoms. The maximum Gasteiger partial charge on any atom is 0.258 e. The van der Waals surface area contributed by atoms with Crippen LogP contribution in [0.1, 0.15) is 17.7 Å². The predicted octanol–water partition coefficient (Wildman–Crippen LogP) is 4.18. The van der Waals surface area contributed by atoms with Gasteiger partial charge in [-0.15, -0.1) is 0 Å². The molecule has 2 aromatic carbocycles. The Morgan fingerprint density at radius 3 is 2.54 bits per heavy atom. The van der Waals surface area contributed by atoms with E-state index in [-0.39, 0.29) is 24.5 Å². The number of fused-ring (bicyclic) bond motifs is 1. The first-order valence-electron chi connectivity index (χ1n) is 13.1. The highest BCUT2D eigenvalue weighted by Crippen LogP contribution is 2.38. The van der Waals surface area contributed by atoms with E-state index in [4.69, 9.17) is 4.98 Å². The number of aliphatic hydroxyl groups excluding tert-OH is 1. The quantitative estimate of drug-likeness (QED) is 0.373. The van der Waals surface area contributed by atoms with E-state index in [0.717, 1.165) is 49.0 Å². The molecule has 0 atom stereocenters. The first-order chi connectivity index (χ1) is 19.0. The van der Waals surface area contributed by atoms with E-state index in [9.17, 15) is 19.6 Å². The minimum Gasteiger partial charge on any atom is -0.395 e. The van der Waals surface area contributed by atoms with Crippen molar-refractivity contribution in [3.05, 3.63) is 69.7 Å². The van der Waals surface area contributed by atoms with E-state index >= 15 is 0 Å². The zero-order valence-corrected chi connectivity index (χ0v) is 22.5. The summed E-state index contributed by atoms with van der Waals surface area (Å²) >= 11 is 1.24. The van der Waals surface area contributed by atoms with Crippen molar-refractivity contribution in [3.8, 4) is 17.3 Å². The van der Waals surface area contributed by atoms with Gasteiger partial charge < -0.3 is 19.5 Å². The van der Waals surface area contributed by atoms with Crippen LogP contribution in [0, 0.1) is 17.1 Å². The van der Waals surface area contributed by atoms with Gasteiger partial charge in [-0.25, -0.2) is 9.37 Å². The minimum atomic E-state index is -0.354. The zero-order chi connectivity index (χ0) is 27.1. The van der Waals surface area contributed by atoms with E-state index in [1.165, 1.54) is 40.9 Å². The molecule has 0 bridgehead atoms. The number of halogens is 1. The summed E-state index contributed by atoms with van der Waals surface area (Å²) in [5.41, 5.74) is 2.81. The topological polar surface area (TPSA) is 88.6 Å². The molecule has 2 aliphatic rings. The molecule has 200 valence electrons. The van der Waals surface area contributed by atoms with Crippen molar-refractivity contribution in [3.63, 3.8) is 0 Å². The Bertz CT molecular complexity index is 1610. The molecule has 1 N–H and O–H groups in total. The van der Waals surface area contributed by atoms with Crippen LogP contribution in [0.25, 0.3) is 22.0 Å². The Morgan fingerprint density at radius 1 is 1.13 bits per heavy atom. The number of pyridine rings is 1. The van der Waals surface area contributed by atoms with Gasteiger partial charge in [-0.05, 0) is 55.3 Å². The van der Waals surface area contributed by atoms with Crippen LogP contribution >= 0.6 is 11.3 Å². The third kappa shape index (κ3) is 4.89. The average Bonchev–Trinajstić information content (AvgIpc) is 3.73. The summed E-state index contributed by atoms with van der Waals surface area (Å²) in [4.78, 5) is 25.3. The monoisotopic (exact) mass is 544 g/mol. The second-order valence-electron chi connectivity index (χ2n) is 10.1. The molecule has 0 unspecified atom stereocenters. The summed E-state index contributed by atoms with van der Waals surface area (Å²) in [6, 6.07) is 14.8. The number of benzene rings is 2. The van der Waals surface area contributed by atoms with Gasteiger partial charge in [-0.1, -0.05) is 11.3 Å². The number of anilines is 3. The van der Waals surface area contributed by atoms with Crippen molar-refractivity contribution in [1.82, 2.24) is 14.5 Å². The Hall–Kier alpha value is -3.78.